The second kappa shape index (κ2) is 7.46. The van der Waals surface area contributed by atoms with Gasteiger partial charge in [-0.25, -0.2) is 4.98 Å². The summed E-state index contributed by atoms with van der Waals surface area (Å²) in [6, 6.07) is 10.1. The quantitative estimate of drug-likeness (QED) is 0.847. The van der Waals surface area contributed by atoms with Crippen LogP contribution in [0.4, 0.5) is 5.69 Å². The summed E-state index contributed by atoms with van der Waals surface area (Å²) in [5, 5.41) is 0. The fraction of sp³-hybridized carbons (Fsp3) is 0.429. The molecule has 2 aliphatic rings. The average Bonchev–Trinajstić information content (AvgIpc) is 2.98. The van der Waals surface area contributed by atoms with Crippen molar-refractivity contribution in [1.82, 2.24) is 9.88 Å². The summed E-state index contributed by atoms with van der Waals surface area (Å²) in [6.45, 7) is 6.33. The fourth-order valence-corrected chi connectivity index (χ4v) is 3.76. The Bertz CT molecular complexity index is 788. The third-order valence-electron chi connectivity index (χ3n) is 5.35. The molecule has 0 unspecified atom stereocenters. The Kier molecular flexibility index (Phi) is 4.89. The first-order valence-corrected chi connectivity index (χ1v) is 9.51. The molecule has 26 heavy (non-hydrogen) atoms. The summed E-state index contributed by atoms with van der Waals surface area (Å²) in [5.74, 6) is 1.56. The van der Waals surface area contributed by atoms with Crippen LogP contribution in [0.5, 0.6) is 11.6 Å². The van der Waals surface area contributed by atoms with Crippen LogP contribution in [-0.4, -0.2) is 42.0 Å². The van der Waals surface area contributed by atoms with Gasteiger partial charge in [0.2, 0.25) is 11.8 Å². The van der Waals surface area contributed by atoms with Gasteiger partial charge in [0.25, 0.3) is 0 Å². The van der Waals surface area contributed by atoms with Gasteiger partial charge in [-0.05, 0) is 55.1 Å². The number of hydrogen-bond donors (Lipinski definition) is 0. The van der Waals surface area contributed by atoms with Gasteiger partial charge in [-0.1, -0.05) is 13.0 Å². The molecule has 4 rings (SSSR count). The molecule has 5 heteroatoms. The van der Waals surface area contributed by atoms with Crippen molar-refractivity contribution in [3.63, 3.8) is 0 Å². The first-order chi connectivity index (χ1) is 12.7. The molecule has 5 nitrogen and oxygen atoms in total. The van der Waals surface area contributed by atoms with Gasteiger partial charge in [0, 0.05) is 32.1 Å². The maximum atomic E-state index is 11.8. The highest BCUT2D eigenvalue weighted by molar-refractivity contribution is 5.95. The van der Waals surface area contributed by atoms with Gasteiger partial charge in [0.05, 0.1) is 11.9 Å². The van der Waals surface area contributed by atoms with Gasteiger partial charge in [-0.2, -0.15) is 0 Å². The summed E-state index contributed by atoms with van der Waals surface area (Å²) in [4.78, 5) is 20.5. The molecule has 136 valence electrons. The summed E-state index contributed by atoms with van der Waals surface area (Å²) in [6.07, 6.45) is 5.43. The third-order valence-corrected chi connectivity index (χ3v) is 5.35. The lowest BCUT2D eigenvalue weighted by Crippen LogP contribution is -2.25. The van der Waals surface area contributed by atoms with E-state index >= 15 is 0 Å². The number of rotatable bonds is 4. The van der Waals surface area contributed by atoms with Crippen LogP contribution in [0, 0.1) is 0 Å². The lowest BCUT2D eigenvalue weighted by atomic mass is 10.0. The molecule has 0 saturated carbocycles. The summed E-state index contributed by atoms with van der Waals surface area (Å²) >= 11 is 0. The van der Waals surface area contributed by atoms with Crippen LogP contribution in [0.2, 0.25) is 0 Å². The number of nitrogens with zero attached hydrogens (tertiary/aromatic N) is 3. The molecule has 0 bridgehead atoms. The van der Waals surface area contributed by atoms with Crippen molar-refractivity contribution >= 4 is 11.6 Å². The maximum Gasteiger partial charge on any atom is 0.227 e. The molecule has 0 radical (unpaired) electrons. The van der Waals surface area contributed by atoms with Crippen molar-refractivity contribution in [2.45, 2.75) is 32.6 Å². The van der Waals surface area contributed by atoms with Crippen LogP contribution < -0.4 is 9.64 Å². The molecule has 1 fully saturated rings. The monoisotopic (exact) mass is 351 g/mol. The van der Waals surface area contributed by atoms with Crippen molar-refractivity contribution < 1.29 is 9.53 Å². The molecule has 1 amide bonds. The van der Waals surface area contributed by atoms with Gasteiger partial charge in [0.1, 0.15) is 5.75 Å². The second-order valence-corrected chi connectivity index (χ2v) is 6.97. The number of ether oxygens (including phenoxy) is 1. The Balaban J connectivity index is 1.46. The molecule has 0 N–H and O–H groups in total. The number of pyridine rings is 1. The number of anilines is 1. The average molecular weight is 351 g/mol. The Hall–Kier alpha value is -2.40. The smallest absolute Gasteiger partial charge is 0.227 e. The Morgan fingerprint density at radius 1 is 1.04 bits per heavy atom. The van der Waals surface area contributed by atoms with Gasteiger partial charge in [-0.15, -0.1) is 0 Å². The predicted octanol–water partition coefficient (Wildman–Crippen LogP) is 3.42. The van der Waals surface area contributed by atoms with Crippen LogP contribution in [0.1, 0.15) is 30.9 Å². The van der Waals surface area contributed by atoms with E-state index in [1.165, 1.54) is 11.1 Å². The number of carbonyl (C=O) groups is 1. The van der Waals surface area contributed by atoms with E-state index in [0.29, 0.717) is 12.3 Å². The summed E-state index contributed by atoms with van der Waals surface area (Å²) in [7, 11) is 0. The number of likely N-dealkylation sites (N-methyl/N-ethyl adjacent to an activating group) is 1. The van der Waals surface area contributed by atoms with Crippen LogP contribution in [-0.2, 0) is 17.6 Å². The van der Waals surface area contributed by atoms with Crippen molar-refractivity contribution in [3.05, 3.63) is 47.7 Å². The SMILES string of the molecule is CCN1CCc2ccc(Oc3ccc(N4CCCC4=O)cn3)cc2CC1. The molecule has 0 aliphatic carbocycles. The van der Waals surface area contributed by atoms with Crippen molar-refractivity contribution in [2.75, 3.05) is 31.1 Å². The summed E-state index contributed by atoms with van der Waals surface area (Å²) in [5.41, 5.74) is 3.64. The minimum absolute atomic E-state index is 0.173. The number of amides is 1. The van der Waals surface area contributed by atoms with E-state index < -0.39 is 0 Å². The topological polar surface area (TPSA) is 45.7 Å². The van der Waals surface area contributed by atoms with E-state index in [-0.39, 0.29) is 5.91 Å². The number of benzene rings is 1. The van der Waals surface area contributed by atoms with Crippen molar-refractivity contribution in [2.24, 2.45) is 0 Å². The van der Waals surface area contributed by atoms with Crippen molar-refractivity contribution in [3.8, 4) is 11.6 Å². The molecule has 2 aromatic rings. The molecule has 1 aromatic carbocycles. The van der Waals surface area contributed by atoms with Crippen LogP contribution in [0.3, 0.4) is 0 Å². The van der Waals surface area contributed by atoms with Crippen LogP contribution >= 0.6 is 0 Å². The normalized spacial score (nSPS) is 17.9. The highest BCUT2D eigenvalue weighted by atomic mass is 16.5. The highest BCUT2D eigenvalue weighted by Gasteiger charge is 2.22. The first kappa shape index (κ1) is 17.0. The Morgan fingerprint density at radius 3 is 2.58 bits per heavy atom. The molecule has 1 saturated heterocycles. The summed E-state index contributed by atoms with van der Waals surface area (Å²) < 4.78 is 5.95. The van der Waals surface area contributed by atoms with Gasteiger partial charge in [-0.3, -0.25) is 4.79 Å². The molecule has 2 aliphatic heterocycles. The highest BCUT2D eigenvalue weighted by Crippen LogP contribution is 2.27. The lowest BCUT2D eigenvalue weighted by Gasteiger charge is -2.16. The zero-order chi connectivity index (χ0) is 17.9. The minimum atomic E-state index is 0.173. The van der Waals surface area contributed by atoms with Gasteiger partial charge >= 0.3 is 0 Å². The van der Waals surface area contributed by atoms with E-state index in [4.69, 9.17) is 4.74 Å². The zero-order valence-corrected chi connectivity index (χ0v) is 15.3. The Labute approximate surface area is 154 Å². The zero-order valence-electron chi connectivity index (χ0n) is 15.3. The van der Waals surface area contributed by atoms with Crippen LogP contribution in [0.25, 0.3) is 0 Å². The third kappa shape index (κ3) is 3.58. The number of hydrogen-bond acceptors (Lipinski definition) is 4. The largest absolute Gasteiger partial charge is 0.439 e. The predicted molar refractivity (Wildman–Crippen MR) is 102 cm³/mol. The molecule has 3 heterocycles. The van der Waals surface area contributed by atoms with E-state index in [0.717, 1.165) is 56.9 Å². The number of carbonyl (C=O) groups excluding carboxylic acids is 1. The molecule has 0 atom stereocenters. The second-order valence-electron chi connectivity index (χ2n) is 6.97. The maximum absolute atomic E-state index is 11.8. The molecular formula is C21H25N3O2. The van der Waals surface area contributed by atoms with Gasteiger partial charge in [0.15, 0.2) is 0 Å². The fourth-order valence-electron chi connectivity index (χ4n) is 3.76. The van der Waals surface area contributed by atoms with Crippen LogP contribution in [0.15, 0.2) is 36.5 Å². The molecule has 1 aromatic heterocycles. The number of fused-ring (bicyclic) bond motifs is 1. The molecular weight excluding hydrogens is 326 g/mol. The van der Waals surface area contributed by atoms with Gasteiger partial charge < -0.3 is 14.5 Å². The molecule has 0 spiro atoms. The first-order valence-electron chi connectivity index (χ1n) is 9.51. The van der Waals surface area contributed by atoms with Crippen molar-refractivity contribution in [1.29, 1.82) is 0 Å². The van der Waals surface area contributed by atoms with E-state index in [1.54, 1.807) is 11.1 Å². The van der Waals surface area contributed by atoms with E-state index in [1.807, 2.05) is 18.2 Å². The number of aromatic nitrogens is 1. The Morgan fingerprint density at radius 2 is 1.88 bits per heavy atom. The van der Waals surface area contributed by atoms with E-state index in [2.05, 4.69) is 28.9 Å². The minimum Gasteiger partial charge on any atom is -0.439 e. The lowest BCUT2D eigenvalue weighted by molar-refractivity contribution is -0.117. The standard InChI is InChI=1S/C21H25N3O2/c1-2-23-12-9-16-5-7-19(14-17(16)10-13-23)26-20-8-6-18(15-22-20)24-11-3-4-21(24)25/h5-8,14-15H,2-4,9-13H2,1H3. The van der Waals surface area contributed by atoms with E-state index in [9.17, 15) is 4.79 Å².